The number of nitrogens with zero attached hydrogens (tertiary/aromatic N) is 2. The number of aliphatic hydroxyl groups is 1. The van der Waals surface area contributed by atoms with Crippen LogP contribution in [-0.2, 0) is 6.54 Å². The third-order valence-corrected chi connectivity index (χ3v) is 4.40. The van der Waals surface area contributed by atoms with Gasteiger partial charge in [-0.15, -0.1) is 0 Å². The number of β-amino-alcohol motifs (C(OH)–C–C–N with tert-alkyl or cyclic N) is 1. The lowest BCUT2D eigenvalue weighted by atomic mass is 10.0. The fourth-order valence-corrected chi connectivity index (χ4v) is 3.32. The van der Waals surface area contributed by atoms with Crippen LogP contribution in [0.15, 0.2) is 53.1 Å². The van der Waals surface area contributed by atoms with E-state index < -0.39 is 6.10 Å². The van der Waals surface area contributed by atoms with Gasteiger partial charge in [-0.1, -0.05) is 12.1 Å². The summed E-state index contributed by atoms with van der Waals surface area (Å²) in [6.45, 7) is 1.10. The van der Waals surface area contributed by atoms with Crippen LogP contribution in [-0.4, -0.2) is 32.9 Å². The van der Waals surface area contributed by atoms with Gasteiger partial charge in [-0.2, -0.15) is 5.10 Å². The minimum absolute atomic E-state index is 0.0172. The summed E-state index contributed by atoms with van der Waals surface area (Å²) in [7, 11) is 0. The smallest absolute Gasteiger partial charge is 0.152 e. The van der Waals surface area contributed by atoms with Crippen LogP contribution in [0.5, 0.6) is 0 Å². The summed E-state index contributed by atoms with van der Waals surface area (Å²) in [6.07, 6.45) is 1.85. The lowest BCUT2D eigenvalue weighted by Crippen LogP contribution is -2.24. The molecule has 2 atom stereocenters. The molecule has 0 radical (unpaired) electrons. The van der Waals surface area contributed by atoms with Gasteiger partial charge in [0.2, 0.25) is 0 Å². The predicted octanol–water partition coefficient (Wildman–Crippen LogP) is 3.12. The Morgan fingerprint density at radius 3 is 3.00 bits per heavy atom. The molecule has 1 fully saturated rings. The van der Waals surface area contributed by atoms with Gasteiger partial charge >= 0.3 is 0 Å². The van der Waals surface area contributed by atoms with E-state index in [4.69, 9.17) is 4.42 Å². The van der Waals surface area contributed by atoms with E-state index in [1.54, 1.807) is 12.3 Å². The Balaban J connectivity index is 1.54. The molecule has 3 aromatic rings. The van der Waals surface area contributed by atoms with Crippen molar-refractivity contribution < 1.29 is 13.9 Å². The molecule has 1 aliphatic rings. The number of hydrogen-bond acceptors (Lipinski definition) is 4. The second kappa shape index (κ2) is 6.22. The van der Waals surface area contributed by atoms with E-state index in [-0.39, 0.29) is 11.9 Å². The van der Waals surface area contributed by atoms with Crippen molar-refractivity contribution >= 4 is 0 Å². The fourth-order valence-electron chi connectivity index (χ4n) is 3.32. The molecule has 2 aromatic heterocycles. The molecule has 0 aliphatic carbocycles. The Morgan fingerprint density at radius 1 is 1.29 bits per heavy atom. The number of likely N-dealkylation sites (tertiary alicyclic amines) is 1. The maximum Gasteiger partial charge on any atom is 0.152 e. The minimum atomic E-state index is -0.416. The van der Waals surface area contributed by atoms with Gasteiger partial charge in [0.15, 0.2) is 5.76 Å². The topological polar surface area (TPSA) is 65.3 Å². The summed E-state index contributed by atoms with van der Waals surface area (Å²) in [5.41, 5.74) is 1.70. The molecule has 1 aromatic carbocycles. The van der Waals surface area contributed by atoms with Crippen LogP contribution in [0.3, 0.4) is 0 Å². The second-order valence-corrected chi connectivity index (χ2v) is 6.13. The molecule has 3 heterocycles. The summed E-state index contributed by atoms with van der Waals surface area (Å²) in [6, 6.07) is 12.2. The normalized spacial score (nSPS) is 21.4. The number of rotatable bonds is 4. The van der Waals surface area contributed by atoms with Gasteiger partial charge in [0.25, 0.3) is 0 Å². The summed E-state index contributed by atoms with van der Waals surface area (Å²) in [5, 5.41) is 16.8. The molecule has 1 aliphatic heterocycles. The van der Waals surface area contributed by atoms with Gasteiger partial charge in [-0.25, -0.2) is 4.39 Å². The maximum atomic E-state index is 13.5. The van der Waals surface area contributed by atoms with E-state index in [2.05, 4.69) is 15.1 Å². The third-order valence-electron chi connectivity index (χ3n) is 4.40. The molecule has 24 heavy (non-hydrogen) atoms. The van der Waals surface area contributed by atoms with Gasteiger partial charge in [0.1, 0.15) is 17.3 Å². The SMILES string of the molecule is O[C@H]1C[C@@H](c2cccc(F)c2)N(Cc2ccc(-c3ccn[nH]3)o2)C1. The average molecular weight is 327 g/mol. The molecule has 1 saturated heterocycles. The Morgan fingerprint density at radius 2 is 2.21 bits per heavy atom. The number of hydrogen-bond donors (Lipinski definition) is 2. The quantitative estimate of drug-likeness (QED) is 0.773. The van der Waals surface area contributed by atoms with Crippen molar-refractivity contribution in [3.8, 4) is 11.5 Å². The Labute approximate surface area is 138 Å². The first-order valence-corrected chi connectivity index (χ1v) is 7.95. The molecule has 0 amide bonds. The van der Waals surface area contributed by atoms with E-state index in [1.165, 1.54) is 12.1 Å². The van der Waals surface area contributed by atoms with Gasteiger partial charge in [-0.3, -0.25) is 10.00 Å². The first-order chi connectivity index (χ1) is 11.7. The largest absolute Gasteiger partial charge is 0.458 e. The molecule has 5 nitrogen and oxygen atoms in total. The predicted molar refractivity (Wildman–Crippen MR) is 86.5 cm³/mol. The van der Waals surface area contributed by atoms with E-state index in [0.717, 1.165) is 22.8 Å². The van der Waals surface area contributed by atoms with E-state index in [1.807, 2.05) is 24.3 Å². The van der Waals surface area contributed by atoms with Gasteiger partial charge < -0.3 is 9.52 Å². The van der Waals surface area contributed by atoms with Crippen LogP contribution in [0.25, 0.3) is 11.5 Å². The molecule has 0 spiro atoms. The molecule has 0 bridgehead atoms. The van der Waals surface area contributed by atoms with E-state index >= 15 is 0 Å². The summed E-state index contributed by atoms with van der Waals surface area (Å²) >= 11 is 0. The fraction of sp³-hybridized carbons (Fsp3) is 0.278. The zero-order valence-electron chi connectivity index (χ0n) is 13.0. The minimum Gasteiger partial charge on any atom is -0.458 e. The van der Waals surface area contributed by atoms with Crippen molar-refractivity contribution in [3.05, 3.63) is 65.8 Å². The van der Waals surface area contributed by atoms with Crippen molar-refractivity contribution in [1.82, 2.24) is 15.1 Å². The Kier molecular flexibility index (Phi) is 3.92. The van der Waals surface area contributed by atoms with Crippen LogP contribution in [0.1, 0.15) is 23.8 Å². The highest BCUT2D eigenvalue weighted by Crippen LogP contribution is 2.34. The number of aromatic amines is 1. The highest BCUT2D eigenvalue weighted by Gasteiger charge is 2.32. The lowest BCUT2D eigenvalue weighted by molar-refractivity contribution is 0.168. The van der Waals surface area contributed by atoms with Crippen molar-refractivity contribution in [2.45, 2.75) is 25.1 Å². The standard InChI is InChI=1S/C18H18FN3O2/c19-13-3-1-2-12(8-13)17-9-14(23)10-22(17)11-15-4-5-18(24-15)16-6-7-20-21-16/h1-8,14,17,23H,9-11H2,(H,20,21)/t14-,17-/m0/s1. The Hall–Kier alpha value is -2.44. The number of H-pyrrole nitrogens is 1. The first kappa shape index (κ1) is 15.1. The van der Waals surface area contributed by atoms with Crippen LogP contribution in [0.4, 0.5) is 4.39 Å². The monoisotopic (exact) mass is 327 g/mol. The van der Waals surface area contributed by atoms with Crippen molar-refractivity contribution in [2.24, 2.45) is 0 Å². The number of furan rings is 1. The van der Waals surface area contributed by atoms with Crippen molar-refractivity contribution in [1.29, 1.82) is 0 Å². The lowest BCUT2D eigenvalue weighted by Gasteiger charge is -2.23. The van der Waals surface area contributed by atoms with Gasteiger partial charge in [-0.05, 0) is 42.3 Å². The molecule has 2 N–H and O–H groups in total. The maximum absolute atomic E-state index is 13.5. The van der Waals surface area contributed by atoms with Gasteiger partial charge in [0.05, 0.1) is 12.6 Å². The molecule has 4 rings (SSSR count). The van der Waals surface area contributed by atoms with Crippen LogP contribution < -0.4 is 0 Å². The number of nitrogens with one attached hydrogen (secondary N) is 1. The summed E-state index contributed by atoms with van der Waals surface area (Å²) in [5.74, 6) is 1.27. The molecular formula is C18H18FN3O2. The van der Waals surface area contributed by atoms with Crippen molar-refractivity contribution in [2.75, 3.05) is 6.54 Å². The zero-order chi connectivity index (χ0) is 16.5. The highest BCUT2D eigenvalue weighted by atomic mass is 19.1. The second-order valence-electron chi connectivity index (χ2n) is 6.13. The van der Waals surface area contributed by atoms with Crippen molar-refractivity contribution in [3.63, 3.8) is 0 Å². The number of halogens is 1. The molecular weight excluding hydrogens is 309 g/mol. The number of benzene rings is 1. The summed E-state index contributed by atoms with van der Waals surface area (Å²) in [4.78, 5) is 2.12. The van der Waals surface area contributed by atoms with Crippen LogP contribution in [0, 0.1) is 5.82 Å². The molecule has 0 unspecified atom stereocenters. The third kappa shape index (κ3) is 2.98. The first-order valence-electron chi connectivity index (χ1n) is 7.95. The highest BCUT2D eigenvalue weighted by molar-refractivity contribution is 5.51. The van der Waals surface area contributed by atoms with Crippen LogP contribution >= 0.6 is 0 Å². The van der Waals surface area contributed by atoms with Crippen LogP contribution in [0.2, 0.25) is 0 Å². The zero-order valence-corrected chi connectivity index (χ0v) is 13.0. The van der Waals surface area contributed by atoms with E-state index in [9.17, 15) is 9.50 Å². The average Bonchev–Trinajstić information content (AvgIpc) is 3.28. The van der Waals surface area contributed by atoms with Gasteiger partial charge in [0, 0.05) is 18.8 Å². The molecule has 6 heteroatoms. The number of aliphatic hydroxyl groups excluding tert-OH is 1. The molecule has 124 valence electrons. The number of aromatic nitrogens is 2. The van der Waals surface area contributed by atoms with E-state index in [0.29, 0.717) is 19.5 Å². The Bertz CT molecular complexity index is 815. The summed E-state index contributed by atoms with van der Waals surface area (Å²) < 4.78 is 19.4. The molecule has 0 saturated carbocycles.